The molecule has 1 aliphatic rings. The summed E-state index contributed by atoms with van der Waals surface area (Å²) in [6.45, 7) is 0. The van der Waals surface area contributed by atoms with E-state index in [1.165, 1.54) is 18.2 Å². The fourth-order valence-electron chi connectivity index (χ4n) is 3.70. The van der Waals surface area contributed by atoms with Crippen LogP contribution in [-0.4, -0.2) is 34.1 Å². The standard InChI is InChI=1S/C23H13Cl2F10N3O/c24-16-4-1-10(5-14(16)19(39)37-13-2-3-13)11-8-36-38(9-11)18-15(21(27,28)29)6-12(7-17(18)25)20(26,22(30,31)32)23(33,34)35/h1,4-9,13H,2-3H2,(H,37,39). The lowest BCUT2D eigenvalue weighted by Gasteiger charge is -2.31. The maximum Gasteiger partial charge on any atom is 0.435 e. The minimum atomic E-state index is -6.66. The molecule has 3 aromatic rings. The number of hydrogen-bond acceptors (Lipinski definition) is 2. The molecule has 39 heavy (non-hydrogen) atoms. The van der Waals surface area contributed by atoms with Gasteiger partial charge < -0.3 is 5.32 Å². The van der Waals surface area contributed by atoms with Crippen LogP contribution in [0.1, 0.15) is 34.3 Å². The molecule has 4 rings (SSSR count). The topological polar surface area (TPSA) is 46.9 Å². The van der Waals surface area contributed by atoms with E-state index in [1.807, 2.05) is 0 Å². The first-order valence-electron chi connectivity index (χ1n) is 10.7. The Balaban J connectivity index is 1.82. The van der Waals surface area contributed by atoms with E-state index >= 15 is 0 Å². The van der Waals surface area contributed by atoms with Crippen molar-refractivity contribution in [3.8, 4) is 16.8 Å². The molecule has 210 valence electrons. The van der Waals surface area contributed by atoms with E-state index in [-0.39, 0.29) is 33.8 Å². The van der Waals surface area contributed by atoms with Gasteiger partial charge in [-0.25, -0.2) is 9.07 Å². The third kappa shape index (κ3) is 5.40. The summed E-state index contributed by atoms with van der Waals surface area (Å²) in [5, 5.41) is 5.21. The molecule has 1 heterocycles. The van der Waals surface area contributed by atoms with Crippen LogP contribution in [0.3, 0.4) is 0 Å². The van der Waals surface area contributed by atoms with Crippen molar-refractivity contribution in [2.24, 2.45) is 0 Å². The number of alkyl halides is 10. The third-order valence-electron chi connectivity index (χ3n) is 5.82. The van der Waals surface area contributed by atoms with E-state index in [2.05, 4.69) is 10.4 Å². The largest absolute Gasteiger partial charge is 0.435 e. The van der Waals surface area contributed by atoms with Crippen LogP contribution in [-0.2, 0) is 11.8 Å². The number of halogens is 12. The van der Waals surface area contributed by atoms with Gasteiger partial charge in [0.1, 0.15) is 0 Å². The fraction of sp³-hybridized carbons (Fsp3) is 0.304. The molecule has 1 amide bonds. The number of amides is 1. The van der Waals surface area contributed by atoms with Crippen LogP contribution in [0.4, 0.5) is 43.9 Å². The van der Waals surface area contributed by atoms with Gasteiger partial charge in [0.2, 0.25) is 0 Å². The summed E-state index contributed by atoms with van der Waals surface area (Å²) in [4.78, 5) is 12.4. The average Bonchev–Trinajstić information content (AvgIpc) is 3.48. The summed E-state index contributed by atoms with van der Waals surface area (Å²) < 4.78 is 136. The van der Waals surface area contributed by atoms with Crippen LogP contribution >= 0.6 is 23.2 Å². The number of carbonyl (C=O) groups is 1. The van der Waals surface area contributed by atoms with Crippen LogP contribution < -0.4 is 5.32 Å². The van der Waals surface area contributed by atoms with Gasteiger partial charge in [-0.05, 0) is 42.7 Å². The van der Waals surface area contributed by atoms with Crippen LogP contribution in [0.2, 0.25) is 10.0 Å². The normalized spacial score (nSPS) is 15.0. The summed E-state index contributed by atoms with van der Waals surface area (Å²) >= 11 is 11.8. The molecular formula is C23H13Cl2F10N3O. The molecule has 0 saturated heterocycles. The highest BCUT2D eigenvalue weighted by Crippen LogP contribution is 2.55. The van der Waals surface area contributed by atoms with Gasteiger partial charge in [-0.3, -0.25) is 4.79 Å². The minimum Gasteiger partial charge on any atom is -0.349 e. The molecule has 0 radical (unpaired) electrons. The number of aromatic nitrogens is 2. The molecule has 1 aromatic heterocycles. The third-order valence-corrected chi connectivity index (χ3v) is 6.43. The van der Waals surface area contributed by atoms with E-state index in [0.717, 1.165) is 25.2 Å². The highest BCUT2D eigenvalue weighted by atomic mass is 35.5. The van der Waals surface area contributed by atoms with E-state index in [1.54, 1.807) is 0 Å². The molecule has 1 aliphatic carbocycles. The smallest absolute Gasteiger partial charge is 0.349 e. The van der Waals surface area contributed by atoms with E-state index in [9.17, 15) is 48.7 Å². The van der Waals surface area contributed by atoms with Crippen LogP contribution in [0.15, 0.2) is 42.7 Å². The van der Waals surface area contributed by atoms with Crippen molar-refractivity contribution in [2.75, 3.05) is 0 Å². The van der Waals surface area contributed by atoms with Crippen molar-refractivity contribution in [3.05, 3.63) is 69.5 Å². The Bertz CT molecular complexity index is 1410. The van der Waals surface area contributed by atoms with Crippen molar-refractivity contribution < 1.29 is 48.7 Å². The van der Waals surface area contributed by atoms with Crippen molar-refractivity contribution in [1.82, 2.24) is 15.1 Å². The summed E-state index contributed by atoms with van der Waals surface area (Å²) in [6, 6.07) is 3.26. The minimum absolute atomic E-state index is 0.0105. The molecular weight excluding hydrogens is 595 g/mol. The zero-order valence-electron chi connectivity index (χ0n) is 18.9. The molecule has 0 aliphatic heterocycles. The Morgan fingerprint density at radius 1 is 0.872 bits per heavy atom. The molecule has 0 bridgehead atoms. The van der Waals surface area contributed by atoms with Crippen molar-refractivity contribution in [3.63, 3.8) is 0 Å². The maximum absolute atomic E-state index is 14.5. The molecule has 0 spiro atoms. The highest BCUT2D eigenvalue weighted by Gasteiger charge is 2.73. The van der Waals surface area contributed by atoms with Gasteiger partial charge >= 0.3 is 24.2 Å². The zero-order chi connectivity index (χ0) is 29.1. The van der Waals surface area contributed by atoms with Crippen LogP contribution in [0.25, 0.3) is 16.8 Å². The first-order valence-corrected chi connectivity index (χ1v) is 11.5. The van der Waals surface area contributed by atoms with Gasteiger partial charge in [0.05, 0.1) is 33.1 Å². The van der Waals surface area contributed by atoms with Gasteiger partial charge in [0.15, 0.2) is 0 Å². The van der Waals surface area contributed by atoms with Gasteiger partial charge in [0, 0.05) is 23.4 Å². The number of hydrogen-bond donors (Lipinski definition) is 1. The number of benzene rings is 2. The number of nitrogens with zero attached hydrogens (tertiary/aromatic N) is 2. The quantitative estimate of drug-likeness (QED) is 0.298. The Labute approximate surface area is 222 Å². The Kier molecular flexibility index (Phi) is 7.12. The Hall–Kier alpha value is -3.00. The van der Waals surface area contributed by atoms with Gasteiger partial charge in [-0.1, -0.05) is 29.3 Å². The summed E-state index contributed by atoms with van der Waals surface area (Å²) in [7, 11) is 0. The number of nitrogens with one attached hydrogen (secondary N) is 1. The van der Waals surface area contributed by atoms with Crippen molar-refractivity contribution in [1.29, 1.82) is 0 Å². The first kappa shape index (κ1) is 29.0. The summed E-state index contributed by atoms with van der Waals surface area (Å²) in [5.74, 6) is -0.501. The molecule has 1 N–H and O–H groups in total. The predicted molar refractivity (Wildman–Crippen MR) is 119 cm³/mol. The maximum atomic E-state index is 14.5. The van der Waals surface area contributed by atoms with Crippen LogP contribution in [0.5, 0.6) is 0 Å². The highest BCUT2D eigenvalue weighted by molar-refractivity contribution is 6.34. The lowest BCUT2D eigenvalue weighted by molar-refractivity contribution is -0.348. The van der Waals surface area contributed by atoms with E-state index in [0.29, 0.717) is 4.68 Å². The second-order valence-electron chi connectivity index (χ2n) is 8.62. The molecule has 1 fully saturated rings. The number of carbonyl (C=O) groups excluding carboxylic acids is 1. The van der Waals surface area contributed by atoms with Crippen molar-refractivity contribution >= 4 is 29.1 Å². The SMILES string of the molecule is O=C(NC1CC1)c1cc(-c2cnn(-c3c(Cl)cc(C(F)(C(F)(F)F)C(F)(F)F)cc3C(F)(F)F)c2)ccc1Cl. The lowest BCUT2D eigenvalue weighted by atomic mass is 9.92. The molecule has 1 saturated carbocycles. The van der Waals surface area contributed by atoms with E-state index < -0.39 is 58.0 Å². The summed E-state index contributed by atoms with van der Waals surface area (Å²) in [5.41, 5.74) is -11.4. The second kappa shape index (κ2) is 9.58. The first-order chi connectivity index (χ1) is 17.8. The number of rotatable bonds is 5. The molecule has 16 heteroatoms. The van der Waals surface area contributed by atoms with E-state index in [4.69, 9.17) is 23.2 Å². The monoisotopic (exact) mass is 607 g/mol. The zero-order valence-corrected chi connectivity index (χ0v) is 20.4. The molecule has 0 unspecified atom stereocenters. The lowest BCUT2D eigenvalue weighted by Crippen LogP contribution is -2.50. The van der Waals surface area contributed by atoms with Crippen LogP contribution in [0, 0.1) is 0 Å². The molecule has 2 aromatic carbocycles. The average molecular weight is 608 g/mol. The second-order valence-corrected chi connectivity index (χ2v) is 9.44. The molecule has 0 atom stereocenters. The van der Waals surface area contributed by atoms with Crippen molar-refractivity contribution in [2.45, 2.75) is 43.1 Å². The predicted octanol–water partition coefficient (Wildman–Crippen LogP) is 8.05. The van der Waals surface area contributed by atoms with Gasteiger partial charge in [0.25, 0.3) is 5.91 Å². The van der Waals surface area contributed by atoms with Gasteiger partial charge in [-0.15, -0.1) is 0 Å². The van der Waals surface area contributed by atoms with Gasteiger partial charge in [-0.2, -0.15) is 44.6 Å². The molecule has 4 nitrogen and oxygen atoms in total. The Morgan fingerprint density at radius 2 is 1.49 bits per heavy atom. The Morgan fingerprint density at radius 3 is 2.03 bits per heavy atom. The summed E-state index contributed by atoms with van der Waals surface area (Å²) in [6.07, 6.45) is -15.4. The fourth-order valence-corrected chi connectivity index (χ4v) is 4.21.